The molecular formula is C20H31N3O2. The van der Waals surface area contributed by atoms with Crippen LogP contribution in [0, 0.1) is 0 Å². The number of piperidine rings is 2. The minimum Gasteiger partial charge on any atom is -0.369 e. The molecule has 5 heteroatoms. The van der Waals surface area contributed by atoms with Crippen molar-refractivity contribution in [3.63, 3.8) is 0 Å². The van der Waals surface area contributed by atoms with Gasteiger partial charge < -0.3 is 14.5 Å². The monoisotopic (exact) mass is 345 g/mol. The lowest BCUT2D eigenvalue weighted by molar-refractivity contribution is -0.139. The van der Waals surface area contributed by atoms with E-state index in [4.69, 9.17) is 4.74 Å². The average molecular weight is 345 g/mol. The molecule has 3 heterocycles. The van der Waals surface area contributed by atoms with Crippen LogP contribution in [0.2, 0.25) is 0 Å². The number of carbonyl (C=O) groups excluding carboxylic acids is 1. The summed E-state index contributed by atoms with van der Waals surface area (Å²) in [5, 5.41) is 0. The molecule has 0 unspecified atom stereocenters. The molecule has 0 N–H and O–H groups in total. The van der Waals surface area contributed by atoms with Crippen molar-refractivity contribution in [1.82, 2.24) is 14.8 Å². The molecule has 0 atom stereocenters. The minimum absolute atomic E-state index is 0.244. The highest BCUT2D eigenvalue weighted by atomic mass is 16.5. The van der Waals surface area contributed by atoms with Gasteiger partial charge in [0.25, 0.3) is 0 Å². The highest BCUT2D eigenvalue weighted by Crippen LogP contribution is 2.36. The Morgan fingerprint density at radius 1 is 1.20 bits per heavy atom. The summed E-state index contributed by atoms with van der Waals surface area (Å²) in [4.78, 5) is 20.8. The molecule has 2 fully saturated rings. The van der Waals surface area contributed by atoms with Crippen molar-refractivity contribution in [2.45, 2.75) is 51.0 Å². The maximum atomic E-state index is 12.0. The SMILES string of the molecule is CCC(=O)N1CCC(OCCN2CCCCC2)(c2cccnc2)CC1. The summed E-state index contributed by atoms with van der Waals surface area (Å²) >= 11 is 0. The number of hydrogen-bond acceptors (Lipinski definition) is 4. The van der Waals surface area contributed by atoms with Crippen molar-refractivity contribution >= 4 is 5.91 Å². The van der Waals surface area contributed by atoms with Gasteiger partial charge in [-0.25, -0.2) is 0 Å². The van der Waals surface area contributed by atoms with E-state index < -0.39 is 0 Å². The number of nitrogens with zero attached hydrogens (tertiary/aromatic N) is 3. The number of amides is 1. The zero-order chi connectivity index (χ0) is 17.5. The van der Waals surface area contributed by atoms with E-state index in [2.05, 4.69) is 16.0 Å². The maximum Gasteiger partial charge on any atom is 0.222 e. The number of pyridine rings is 1. The molecule has 1 aromatic rings. The normalized spacial score (nSPS) is 21.2. The molecule has 3 rings (SSSR count). The highest BCUT2D eigenvalue weighted by molar-refractivity contribution is 5.75. The lowest BCUT2D eigenvalue weighted by Gasteiger charge is -2.42. The van der Waals surface area contributed by atoms with E-state index in [-0.39, 0.29) is 11.5 Å². The quantitative estimate of drug-likeness (QED) is 0.795. The standard InChI is InChI=1S/C20H31N3O2/c1-2-19(24)23-13-8-20(9-14-23,18-7-6-10-21-17-18)25-16-15-22-11-4-3-5-12-22/h6-7,10,17H,2-5,8-9,11-16H2,1H3. The second-order valence-corrected chi connectivity index (χ2v) is 7.22. The van der Waals surface area contributed by atoms with Gasteiger partial charge in [0.15, 0.2) is 0 Å². The Labute approximate surface area is 151 Å². The van der Waals surface area contributed by atoms with Gasteiger partial charge in [0.1, 0.15) is 0 Å². The molecule has 138 valence electrons. The third kappa shape index (κ3) is 4.59. The Bertz CT molecular complexity index is 535. The van der Waals surface area contributed by atoms with Crippen LogP contribution >= 0.6 is 0 Å². The Kier molecular flexibility index (Phi) is 6.43. The van der Waals surface area contributed by atoms with E-state index in [9.17, 15) is 4.79 Å². The molecule has 0 aromatic carbocycles. The van der Waals surface area contributed by atoms with Crippen LogP contribution in [0.5, 0.6) is 0 Å². The summed E-state index contributed by atoms with van der Waals surface area (Å²) in [6.07, 6.45) is 9.99. The number of carbonyl (C=O) groups is 1. The van der Waals surface area contributed by atoms with Crippen LogP contribution < -0.4 is 0 Å². The first-order valence-electron chi connectivity index (χ1n) is 9.78. The van der Waals surface area contributed by atoms with Crippen molar-refractivity contribution in [2.75, 3.05) is 39.3 Å². The lowest BCUT2D eigenvalue weighted by atomic mass is 9.84. The van der Waals surface area contributed by atoms with Crippen LogP contribution in [0.15, 0.2) is 24.5 Å². The van der Waals surface area contributed by atoms with Gasteiger partial charge in [0.05, 0.1) is 12.2 Å². The first-order valence-corrected chi connectivity index (χ1v) is 9.78. The number of likely N-dealkylation sites (tertiary alicyclic amines) is 2. The Morgan fingerprint density at radius 2 is 1.96 bits per heavy atom. The summed E-state index contributed by atoms with van der Waals surface area (Å²) in [6.45, 7) is 7.61. The molecule has 25 heavy (non-hydrogen) atoms. The summed E-state index contributed by atoms with van der Waals surface area (Å²) in [7, 11) is 0. The largest absolute Gasteiger partial charge is 0.369 e. The third-order valence-corrected chi connectivity index (χ3v) is 5.65. The minimum atomic E-state index is -0.297. The van der Waals surface area contributed by atoms with Crippen LogP contribution in [0.1, 0.15) is 51.0 Å². The van der Waals surface area contributed by atoms with E-state index in [0.717, 1.165) is 44.6 Å². The highest BCUT2D eigenvalue weighted by Gasteiger charge is 2.38. The van der Waals surface area contributed by atoms with E-state index in [1.54, 1.807) is 6.20 Å². The van der Waals surface area contributed by atoms with Gasteiger partial charge in [-0.1, -0.05) is 19.4 Å². The zero-order valence-electron chi connectivity index (χ0n) is 15.5. The van der Waals surface area contributed by atoms with Crippen molar-refractivity contribution in [3.8, 4) is 0 Å². The van der Waals surface area contributed by atoms with Gasteiger partial charge >= 0.3 is 0 Å². The molecule has 0 saturated carbocycles. The van der Waals surface area contributed by atoms with Gasteiger partial charge in [-0.05, 0) is 44.8 Å². The predicted molar refractivity (Wildman–Crippen MR) is 98.3 cm³/mol. The topological polar surface area (TPSA) is 45.7 Å². The van der Waals surface area contributed by atoms with Crippen molar-refractivity contribution in [3.05, 3.63) is 30.1 Å². The van der Waals surface area contributed by atoms with Crippen LogP contribution in [0.4, 0.5) is 0 Å². The number of ether oxygens (including phenoxy) is 1. The fourth-order valence-electron chi connectivity index (χ4n) is 4.04. The Balaban J connectivity index is 1.63. The van der Waals surface area contributed by atoms with E-state index in [1.165, 1.54) is 32.4 Å². The zero-order valence-corrected chi connectivity index (χ0v) is 15.5. The van der Waals surface area contributed by atoms with Crippen molar-refractivity contribution in [1.29, 1.82) is 0 Å². The van der Waals surface area contributed by atoms with Crippen LogP contribution in [0.25, 0.3) is 0 Å². The summed E-state index contributed by atoms with van der Waals surface area (Å²) < 4.78 is 6.50. The first-order chi connectivity index (χ1) is 12.2. The van der Waals surface area contributed by atoms with Crippen LogP contribution in [-0.2, 0) is 15.1 Å². The molecule has 1 amide bonds. The van der Waals surface area contributed by atoms with Gasteiger partial charge in [-0.2, -0.15) is 0 Å². The molecule has 0 bridgehead atoms. The molecular weight excluding hydrogens is 314 g/mol. The molecule has 0 aliphatic carbocycles. The molecule has 5 nitrogen and oxygen atoms in total. The molecule has 2 aliphatic rings. The number of hydrogen-bond donors (Lipinski definition) is 0. The Hall–Kier alpha value is -1.46. The first kappa shape index (κ1) is 18.3. The van der Waals surface area contributed by atoms with Crippen molar-refractivity contribution in [2.24, 2.45) is 0 Å². The molecule has 0 radical (unpaired) electrons. The summed E-state index contributed by atoms with van der Waals surface area (Å²) in [5.41, 5.74) is 0.853. The van der Waals surface area contributed by atoms with Crippen LogP contribution in [-0.4, -0.2) is 60.0 Å². The fraction of sp³-hybridized carbons (Fsp3) is 0.700. The fourth-order valence-corrected chi connectivity index (χ4v) is 4.04. The van der Waals surface area contributed by atoms with Gasteiger partial charge in [-0.15, -0.1) is 0 Å². The third-order valence-electron chi connectivity index (χ3n) is 5.65. The molecule has 2 aliphatic heterocycles. The van der Waals surface area contributed by atoms with Gasteiger partial charge in [0, 0.05) is 44.0 Å². The summed E-state index contributed by atoms with van der Waals surface area (Å²) in [6, 6.07) is 4.10. The number of aromatic nitrogens is 1. The van der Waals surface area contributed by atoms with E-state index in [0.29, 0.717) is 6.42 Å². The second kappa shape index (κ2) is 8.77. The van der Waals surface area contributed by atoms with Gasteiger partial charge in [0.2, 0.25) is 5.91 Å². The summed E-state index contributed by atoms with van der Waals surface area (Å²) in [5.74, 6) is 0.244. The maximum absolute atomic E-state index is 12.0. The average Bonchev–Trinajstić information content (AvgIpc) is 2.69. The van der Waals surface area contributed by atoms with E-state index >= 15 is 0 Å². The molecule has 1 aromatic heterocycles. The number of rotatable bonds is 6. The smallest absolute Gasteiger partial charge is 0.222 e. The van der Waals surface area contributed by atoms with E-state index in [1.807, 2.05) is 24.1 Å². The van der Waals surface area contributed by atoms with Crippen LogP contribution in [0.3, 0.4) is 0 Å². The lowest BCUT2D eigenvalue weighted by Crippen LogP contribution is -2.47. The Morgan fingerprint density at radius 3 is 2.60 bits per heavy atom. The molecule has 2 saturated heterocycles. The van der Waals surface area contributed by atoms with Gasteiger partial charge in [-0.3, -0.25) is 9.78 Å². The molecule has 0 spiro atoms. The predicted octanol–water partition coefficient (Wildman–Crippen LogP) is 2.81. The second-order valence-electron chi connectivity index (χ2n) is 7.22. The van der Waals surface area contributed by atoms with Crippen molar-refractivity contribution < 1.29 is 9.53 Å².